The number of amides is 1. The zero-order valence-corrected chi connectivity index (χ0v) is 14.4. The van der Waals surface area contributed by atoms with E-state index in [4.69, 9.17) is 5.73 Å². The number of nitrogens with two attached hydrogens (primary N) is 1. The number of hydrogen-bond donors (Lipinski definition) is 2. The lowest BCUT2D eigenvalue weighted by Crippen LogP contribution is -2.56. The van der Waals surface area contributed by atoms with E-state index in [2.05, 4.69) is 17.1 Å². The van der Waals surface area contributed by atoms with Gasteiger partial charge in [-0.3, -0.25) is 9.69 Å². The fourth-order valence-electron chi connectivity index (χ4n) is 3.73. The number of carbonyl (C=O) groups is 1. The van der Waals surface area contributed by atoms with Gasteiger partial charge in [-0.05, 0) is 62.8 Å². The Morgan fingerprint density at radius 3 is 2.88 bits per heavy atom. The second kappa shape index (κ2) is 7.19. The number of benzene rings is 1. The van der Waals surface area contributed by atoms with Gasteiger partial charge in [0.15, 0.2) is 0 Å². The Hall–Kier alpha value is -1.46. The molecule has 0 aromatic heterocycles. The molecule has 132 valence electrons. The maximum atomic E-state index is 13.3. The summed E-state index contributed by atoms with van der Waals surface area (Å²) in [6.45, 7) is 4.93. The summed E-state index contributed by atoms with van der Waals surface area (Å²) >= 11 is 0. The molecule has 3 rings (SSSR count). The second-order valence-electron chi connectivity index (χ2n) is 7.59. The predicted molar refractivity (Wildman–Crippen MR) is 92.7 cm³/mol. The van der Waals surface area contributed by atoms with Crippen molar-refractivity contribution < 1.29 is 9.18 Å². The highest BCUT2D eigenvalue weighted by Gasteiger charge is 2.42. The summed E-state index contributed by atoms with van der Waals surface area (Å²) in [6, 6.07) is 6.70. The SMILES string of the molecule is CC(CN)(NC(=O)C1CCCN(Cc2cccc(F)c2)C1)C1CC1. The minimum atomic E-state index is -0.262. The lowest BCUT2D eigenvalue weighted by atomic mass is 9.92. The topological polar surface area (TPSA) is 58.4 Å². The van der Waals surface area contributed by atoms with Crippen LogP contribution in [0, 0.1) is 17.7 Å². The van der Waals surface area contributed by atoms with Crippen LogP contribution in [-0.4, -0.2) is 36.0 Å². The average Bonchev–Trinajstić information content (AvgIpc) is 3.40. The number of carbonyl (C=O) groups excluding carboxylic acids is 1. The van der Waals surface area contributed by atoms with E-state index in [0.29, 0.717) is 19.0 Å². The maximum Gasteiger partial charge on any atom is 0.224 e. The zero-order chi connectivity index (χ0) is 17.2. The third-order valence-electron chi connectivity index (χ3n) is 5.48. The summed E-state index contributed by atoms with van der Waals surface area (Å²) in [5.41, 5.74) is 6.61. The molecule has 1 saturated carbocycles. The lowest BCUT2D eigenvalue weighted by Gasteiger charge is -2.36. The molecular formula is C19H28FN3O. The smallest absolute Gasteiger partial charge is 0.224 e. The molecule has 5 heteroatoms. The van der Waals surface area contributed by atoms with Gasteiger partial charge in [-0.1, -0.05) is 12.1 Å². The first-order valence-corrected chi connectivity index (χ1v) is 8.99. The number of piperidine rings is 1. The Morgan fingerprint density at radius 2 is 2.21 bits per heavy atom. The van der Waals surface area contributed by atoms with Gasteiger partial charge in [-0.2, -0.15) is 0 Å². The molecular weight excluding hydrogens is 305 g/mol. The van der Waals surface area contributed by atoms with Crippen molar-refractivity contribution in [2.45, 2.75) is 44.7 Å². The van der Waals surface area contributed by atoms with Crippen molar-refractivity contribution in [3.05, 3.63) is 35.6 Å². The van der Waals surface area contributed by atoms with E-state index >= 15 is 0 Å². The van der Waals surface area contributed by atoms with Crippen LogP contribution in [0.4, 0.5) is 4.39 Å². The number of nitrogens with zero attached hydrogens (tertiary/aromatic N) is 1. The molecule has 0 spiro atoms. The second-order valence-corrected chi connectivity index (χ2v) is 7.59. The van der Waals surface area contributed by atoms with Crippen LogP contribution in [-0.2, 0) is 11.3 Å². The van der Waals surface area contributed by atoms with E-state index in [1.54, 1.807) is 12.1 Å². The molecule has 0 bridgehead atoms. The van der Waals surface area contributed by atoms with E-state index < -0.39 is 0 Å². The standard InChI is InChI=1S/C19H28FN3O/c1-19(13-21,16-7-8-16)22-18(24)15-5-3-9-23(12-15)11-14-4-2-6-17(20)10-14/h2,4,6,10,15-16H,3,5,7-9,11-13,21H2,1H3,(H,22,24). The van der Waals surface area contributed by atoms with Gasteiger partial charge in [-0.15, -0.1) is 0 Å². The number of rotatable bonds is 6. The van der Waals surface area contributed by atoms with E-state index in [9.17, 15) is 9.18 Å². The van der Waals surface area contributed by atoms with Crippen LogP contribution >= 0.6 is 0 Å². The molecule has 1 aromatic rings. The van der Waals surface area contributed by atoms with Gasteiger partial charge >= 0.3 is 0 Å². The van der Waals surface area contributed by atoms with E-state index in [1.165, 1.54) is 6.07 Å². The summed E-state index contributed by atoms with van der Waals surface area (Å²) in [5.74, 6) is 0.441. The average molecular weight is 333 g/mol. The van der Waals surface area contributed by atoms with Gasteiger partial charge in [-0.25, -0.2) is 4.39 Å². The molecule has 24 heavy (non-hydrogen) atoms. The number of likely N-dealkylation sites (tertiary alicyclic amines) is 1. The lowest BCUT2D eigenvalue weighted by molar-refractivity contribution is -0.128. The summed E-state index contributed by atoms with van der Waals surface area (Å²) in [7, 11) is 0. The largest absolute Gasteiger partial charge is 0.349 e. The first-order chi connectivity index (χ1) is 11.5. The van der Waals surface area contributed by atoms with Crippen molar-refractivity contribution in [2.24, 2.45) is 17.6 Å². The van der Waals surface area contributed by atoms with E-state index in [1.807, 2.05) is 6.07 Å². The summed E-state index contributed by atoms with van der Waals surface area (Å²) in [5, 5.41) is 3.22. The fourth-order valence-corrected chi connectivity index (χ4v) is 3.73. The predicted octanol–water partition coefficient (Wildman–Crippen LogP) is 2.28. The van der Waals surface area contributed by atoms with Gasteiger partial charge < -0.3 is 11.1 Å². The highest BCUT2D eigenvalue weighted by molar-refractivity contribution is 5.80. The van der Waals surface area contributed by atoms with Crippen molar-refractivity contribution in [2.75, 3.05) is 19.6 Å². The third-order valence-corrected chi connectivity index (χ3v) is 5.48. The molecule has 4 nitrogen and oxygen atoms in total. The van der Waals surface area contributed by atoms with Crippen LogP contribution < -0.4 is 11.1 Å². The Balaban J connectivity index is 1.57. The van der Waals surface area contributed by atoms with E-state index in [-0.39, 0.29) is 23.2 Å². The van der Waals surface area contributed by atoms with Gasteiger partial charge in [0.2, 0.25) is 5.91 Å². The van der Waals surface area contributed by atoms with Crippen LogP contribution in [0.25, 0.3) is 0 Å². The molecule has 1 heterocycles. The number of nitrogens with one attached hydrogen (secondary N) is 1. The molecule has 1 aliphatic carbocycles. The first-order valence-electron chi connectivity index (χ1n) is 8.99. The molecule has 3 N–H and O–H groups in total. The summed E-state index contributed by atoms with van der Waals surface area (Å²) < 4.78 is 13.3. The van der Waals surface area contributed by atoms with Gasteiger partial charge in [0.05, 0.1) is 11.5 Å². The monoisotopic (exact) mass is 333 g/mol. The molecule has 1 aromatic carbocycles. The highest BCUT2D eigenvalue weighted by atomic mass is 19.1. The fraction of sp³-hybridized carbons (Fsp3) is 0.632. The Morgan fingerprint density at radius 1 is 1.42 bits per heavy atom. The quantitative estimate of drug-likeness (QED) is 0.840. The normalized spacial score (nSPS) is 24.4. The van der Waals surface area contributed by atoms with Gasteiger partial charge in [0.25, 0.3) is 0 Å². The highest BCUT2D eigenvalue weighted by Crippen LogP contribution is 2.39. The van der Waals surface area contributed by atoms with Crippen molar-refractivity contribution in [3.8, 4) is 0 Å². The zero-order valence-electron chi connectivity index (χ0n) is 14.4. The van der Waals surface area contributed by atoms with Gasteiger partial charge in [0.1, 0.15) is 5.82 Å². The van der Waals surface area contributed by atoms with E-state index in [0.717, 1.165) is 44.3 Å². The molecule has 0 radical (unpaired) electrons. The Labute approximate surface area is 143 Å². The van der Waals surface area contributed by atoms with Crippen LogP contribution in [0.5, 0.6) is 0 Å². The summed E-state index contributed by atoms with van der Waals surface area (Å²) in [6.07, 6.45) is 4.22. The molecule has 2 fully saturated rings. The van der Waals surface area contributed by atoms with Crippen molar-refractivity contribution in [1.29, 1.82) is 0 Å². The van der Waals surface area contributed by atoms with Crippen LogP contribution in [0.1, 0.15) is 38.2 Å². The van der Waals surface area contributed by atoms with Gasteiger partial charge in [0, 0.05) is 19.6 Å². The molecule has 2 unspecified atom stereocenters. The minimum absolute atomic E-state index is 0.00284. The molecule has 2 aliphatic rings. The molecule has 1 aliphatic heterocycles. The van der Waals surface area contributed by atoms with Crippen LogP contribution in [0.15, 0.2) is 24.3 Å². The maximum absolute atomic E-state index is 13.3. The number of halogens is 1. The van der Waals surface area contributed by atoms with Crippen molar-refractivity contribution in [1.82, 2.24) is 10.2 Å². The van der Waals surface area contributed by atoms with Crippen LogP contribution in [0.3, 0.4) is 0 Å². The van der Waals surface area contributed by atoms with Crippen molar-refractivity contribution in [3.63, 3.8) is 0 Å². The molecule has 2 atom stereocenters. The Kier molecular flexibility index (Phi) is 5.21. The Bertz CT molecular complexity index is 590. The number of hydrogen-bond acceptors (Lipinski definition) is 3. The summed E-state index contributed by atoms with van der Waals surface area (Å²) in [4.78, 5) is 15.0. The minimum Gasteiger partial charge on any atom is -0.349 e. The third kappa shape index (κ3) is 4.14. The van der Waals surface area contributed by atoms with Crippen molar-refractivity contribution >= 4 is 5.91 Å². The van der Waals surface area contributed by atoms with Crippen LogP contribution in [0.2, 0.25) is 0 Å². The molecule has 1 amide bonds. The molecule has 1 saturated heterocycles. The first kappa shape index (κ1) is 17.4.